The Hall–Kier alpha value is -2.63. The molecule has 0 bridgehead atoms. The zero-order valence-corrected chi connectivity index (χ0v) is 18.1. The highest BCUT2D eigenvalue weighted by Gasteiger charge is 2.28. The van der Waals surface area contributed by atoms with Gasteiger partial charge in [0.2, 0.25) is 0 Å². The monoisotopic (exact) mass is 396 g/mol. The highest BCUT2D eigenvalue weighted by atomic mass is 16.2. The Morgan fingerprint density at radius 1 is 1.14 bits per heavy atom. The lowest BCUT2D eigenvalue weighted by molar-refractivity contribution is 0.0943. The summed E-state index contributed by atoms with van der Waals surface area (Å²) in [4.78, 5) is 30.4. The molecule has 1 aromatic carbocycles. The number of para-hydroxylation sites is 1. The van der Waals surface area contributed by atoms with Crippen LogP contribution in [0.1, 0.15) is 84.4 Å². The van der Waals surface area contributed by atoms with E-state index in [2.05, 4.69) is 43.3 Å². The van der Waals surface area contributed by atoms with Crippen molar-refractivity contribution in [3.05, 3.63) is 46.5 Å². The molecule has 0 unspecified atom stereocenters. The molecule has 1 aromatic heterocycles. The third-order valence-corrected chi connectivity index (χ3v) is 5.37. The van der Waals surface area contributed by atoms with Gasteiger partial charge in [-0.2, -0.15) is 0 Å². The number of aromatic nitrogens is 2. The van der Waals surface area contributed by atoms with E-state index in [1.165, 1.54) is 0 Å². The highest BCUT2D eigenvalue weighted by molar-refractivity contribution is 6.04. The number of nitrogens with zero attached hydrogens (tertiary/aromatic N) is 2. The summed E-state index contributed by atoms with van der Waals surface area (Å²) in [6.07, 6.45) is 2.76. The summed E-state index contributed by atoms with van der Waals surface area (Å²) >= 11 is 0. The van der Waals surface area contributed by atoms with Crippen LogP contribution in [0.3, 0.4) is 0 Å². The standard InChI is InChI=1S/C23H32N4O2/c1-14(2)13-24-22(28)20-18-11-6-7-12-27(18)21(25-20)23(29)26-19-16(5)9-8-10-17(19)15(3)4/h8-10,14-15H,6-7,11-13H2,1-5H3,(H,24,28)(H,26,29). The minimum Gasteiger partial charge on any atom is -0.350 e. The van der Waals surface area contributed by atoms with Crippen LogP contribution in [0, 0.1) is 12.8 Å². The average Bonchev–Trinajstić information content (AvgIpc) is 3.07. The van der Waals surface area contributed by atoms with Crippen LogP contribution in [0.5, 0.6) is 0 Å². The average molecular weight is 397 g/mol. The van der Waals surface area contributed by atoms with Crippen molar-refractivity contribution in [2.24, 2.45) is 5.92 Å². The first-order valence-electron chi connectivity index (χ1n) is 10.6. The van der Waals surface area contributed by atoms with E-state index in [1.807, 2.05) is 29.7 Å². The second kappa shape index (κ2) is 8.80. The van der Waals surface area contributed by atoms with Crippen LogP contribution in [0.15, 0.2) is 18.2 Å². The number of amides is 2. The Kier molecular flexibility index (Phi) is 6.40. The van der Waals surface area contributed by atoms with Crippen molar-refractivity contribution < 1.29 is 9.59 Å². The van der Waals surface area contributed by atoms with Crippen molar-refractivity contribution in [1.82, 2.24) is 14.9 Å². The van der Waals surface area contributed by atoms with Crippen LogP contribution >= 0.6 is 0 Å². The molecular formula is C23H32N4O2. The number of benzene rings is 1. The van der Waals surface area contributed by atoms with Crippen molar-refractivity contribution in [2.75, 3.05) is 11.9 Å². The first-order valence-corrected chi connectivity index (χ1v) is 10.6. The molecule has 0 spiro atoms. The molecule has 156 valence electrons. The smallest absolute Gasteiger partial charge is 0.291 e. The van der Waals surface area contributed by atoms with Crippen LogP contribution in [0.25, 0.3) is 0 Å². The molecule has 0 radical (unpaired) electrons. The Labute approximate surface area is 173 Å². The Morgan fingerprint density at radius 3 is 2.59 bits per heavy atom. The molecule has 0 aliphatic carbocycles. The summed E-state index contributed by atoms with van der Waals surface area (Å²) in [6, 6.07) is 6.04. The maximum atomic E-state index is 13.2. The minimum absolute atomic E-state index is 0.192. The van der Waals surface area contributed by atoms with E-state index in [0.29, 0.717) is 30.5 Å². The molecule has 6 heteroatoms. The lowest BCUT2D eigenvalue weighted by atomic mass is 9.98. The first kappa shape index (κ1) is 21.1. The molecule has 0 atom stereocenters. The van der Waals surface area contributed by atoms with Crippen molar-refractivity contribution in [1.29, 1.82) is 0 Å². The fourth-order valence-corrected chi connectivity index (χ4v) is 3.79. The fourth-order valence-electron chi connectivity index (χ4n) is 3.79. The molecule has 2 N–H and O–H groups in total. The van der Waals surface area contributed by atoms with E-state index in [-0.39, 0.29) is 17.7 Å². The molecule has 0 saturated carbocycles. The lowest BCUT2D eigenvalue weighted by Gasteiger charge is -2.19. The molecule has 1 aliphatic heterocycles. The van der Waals surface area contributed by atoms with Gasteiger partial charge in [0, 0.05) is 18.8 Å². The van der Waals surface area contributed by atoms with Gasteiger partial charge in [0.05, 0.1) is 5.69 Å². The summed E-state index contributed by atoms with van der Waals surface area (Å²) in [7, 11) is 0. The van der Waals surface area contributed by atoms with Gasteiger partial charge < -0.3 is 15.2 Å². The van der Waals surface area contributed by atoms with Crippen LogP contribution in [-0.2, 0) is 13.0 Å². The maximum absolute atomic E-state index is 13.2. The predicted octanol–water partition coefficient (Wildman–Crippen LogP) is 4.29. The molecular weight excluding hydrogens is 364 g/mol. The summed E-state index contributed by atoms with van der Waals surface area (Å²) in [5, 5.41) is 6.01. The van der Waals surface area contributed by atoms with Crippen LogP contribution < -0.4 is 10.6 Å². The number of hydrogen-bond acceptors (Lipinski definition) is 3. The summed E-state index contributed by atoms with van der Waals surface area (Å²) in [5.41, 5.74) is 4.22. The zero-order chi connectivity index (χ0) is 21.1. The van der Waals surface area contributed by atoms with E-state index in [9.17, 15) is 9.59 Å². The van der Waals surface area contributed by atoms with Gasteiger partial charge in [-0.05, 0) is 49.1 Å². The van der Waals surface area contributed by atoms with Gasteiger partial charge in [-0.3, -0.25) is 9.59 Å². The van der Waals surface area contributed by atoms with E-state index in [0.717, 1.165) is 41.8 Å². The predicted molar refractivity (Wildman–Crippen MR) is 116 cm³/mol. The van der Waals surface area contributed by atoms with Crippen LogP contribution in [-0.4, -0.2) is 27.9 Å². The third kappa shape index (κ3) is 4.52. The molecule has 6 nitrogen and oxygen atoms in total. The Balaban J connectivity index is 1.93. The number of rotatable bonds is 6. The van der Waals surface area contributed by atoms with Crippen LogP contribution in [0.4, 0.5) is 5.69 Å². The topological polar surface area (TPSA) is 76.0 Å². The van der Waals surface area contributed by atoms with Gasteiger partial charge >= 0.3 is 0 Å². The van der Waals surface area contributed by atoms with Crippen LogP contribution in [0.2, 0.25) is 0 Å². The Morgan fingerprint density at radius 2 is 1.90 bits per heavy atom. The number of imidazole rings is 1. The maximum Gasteiger partial charge on any atom is 0.291 e. The quantitative estimate of drug-likeness (QED) is 0.765. The SMILES string of the molecule is Cc1cccc(C(C)C)c1NC(=O)c1nc(C(=O)NCC(C)C)c2n1CCCC2. The molecule has 2 heterocycles. The van der Waals surface area contributed by atoms with Crippen molar-refractivity contribution in [3.63, 3.8) is 0 Å². The number of anilines is 1. The lowest BCUT2D eigenvalue weighted by Crippen LogP contribution is -2.29. The van der Waals surface area contributed by atoms with E-state index >= 15 is 0 Å². The number of hydrogen-bond donors (Lipinski definition) is 2. The molecule has 1 aliphatic rings. The number of nitrogens with one attached hydrogen (secondary N) is 2. The van der Waals surface area contributed by atoms with E-state index < -0.39 is 0 Å². The van der Waals surface area contributed by atoms with E-state index in [4.69, 9.17) is 0 Å². The van der Waals surface area contributed by atoms with Gasteiger partial charge in [-0.1, -0.05) is 45.9 Å². The third-order valence-electron chi connectivity index (χ3n) is 5.37. The molecule has 0 saturated heterocycles. The van der Waals surface area contributed by atoms with E-state index in [1.54, 1.807) is 0 Å². The van der Waals surface area contributed by atoms with Gasteiger partial charge in [0.1, 0.15) is 5.69 Å². The fraction of sp³-hybridized carbons (Fsp3) is 0.522. The van der Waals surface area contributed by atoms with Gasteiger partial charge in [-0.15, -0.1) is 0 Å². The van der Waals surface area contributed by atoms with Crippen molar-refractivity contribution in [3.8, 4) is 0 Å². The molecule has 0 fully saturated rings. The largest absolute Gasteiger partial charge is 0.350 e. The summed E-state index contributed by atoms with van der Waals surface area (Å²) < 4.78 is 1.93. The van der Waals surface area contributed by atoms with Crippen molar-refractivity contribution >= 4 is 17.5 Å². The zero-order valence-electron chi connectivity index (χ0n) is 18.1. The Bertz CT molecular complexity index is 912. The second-order valence-corrected chi connectivity index (χ2v) is 8.59. The molecule has 2 amide bonds. The summed E-state index contributed by atoms with van der Waals surface area (Å²) in [5.74, 6) is 0.522. The summed E-state index contributed by atoms with van der Waals surface area (Å²) in [6.45, 7) is 11.6. The van der Waals surface area contributed by atoms with Gasteiger partial charge in [0.15, 0.2) is 5.82 Å². The highest BCUT2D eigenvalue weighted by Crippen LogP contribution is 2.28. The number of aryl methyl sites for hydroxylation is 1. The van der Waals surface area contributed by atoms with Crippen molar-refractivity contribution in [2.45, 2.75) is 66.3 Å². The first-order chi connectivity index (χ1) is 13.8. The number of fused-ring (bicyclic) bond motifs is 1. The number of carbonyl (C=O) groups is 2. The minimum atomic E-state index is -0.257. The molecule has 29 heavy (non-hydrogen) atoms. The molecule has 2 aromatic rings. The number of carbonyl (C=O) groups excluding carboxylic acids is 2. The van der Waals surface area contributed by atoms with Gasteiger partial charge in [-0.25, -0.2) is 4.98 Å². The normalized spacial score (nSPS) is 13.5. The van der Waals surface area contributed by atoms with Gasteiger partial charge in [0.25, 0.3) is 11.8 Å². The molecule has 3 rings (SSSR count). The second-order valence-electron chi connectivity index (χ2n) is 8.59.